The maximum Gasteiger partial charge on any atom is 0.191 e. The summed E-state index contributed by atoms with van der Waals surface area (Å²) in [5.41, 5.74) is 0.843. The summed E-state index contributed by atoms with van der Waals surface area (Å²) in [6.45, 7) is 7.29. The number of benzene rings is 1. The summed E-state index contributed by atoms with van der Waals surface area (Å²) >= 11 is 0. The van der Waals surface area contributed by atoms with Crippen molar-refractivity contribution >= 4 is 29.9 Å². The van der Waals surface area contributed by atoms with Crippen molar-refractivity contribution in [2.75, 3.05) is 7.05 Å². The van der Waals surface area contributed by atoms with E-state index in [2.05, 4.69) is 25.8 Å². The minimum absolute atomic E-state index is 0. The van der Waals surface area contributed by atoms with Crippen molar-refractivity contribution < 1.29 is 4.74 Å². The highest BCUT2D eigenvalue weighted by Gasteiger charge is 2.14. The quantitative estimate of drug-likeness (QED) is 0.409. The molecule has 0 amide bonds. The second kappa shape index (κ2) is 9.59. The van der Waals surface area contributed by atoms with Gasteiger partial charge in [-0.3, -0.25) is 4.99 Å². The summed E-state index contributed by atoms with van der Waals surface area (Å²) in [5.74, 6) is 2.42. The van der Waals surface area contributed by atoms with Gasteiger partial charge in [0.25, 0.3) is 0 Å². The average molecular weight is 458 g/mol. The van der Waals surface area contributed by atoms with Gasteiger partial charge in [0, 0.05) is 26.2 Å². The lowest BCUT2D eigenvalue weighted by Crippen LogP contribution is -2.37. The first-order valence-corrected chi connectivity index (χ1v) is 7.93. The lowest BCUT2D eigenvalue weighted by Gasteiger charge is -2.23. The summed E-state index contributed by atoms with van der Waals surface area (Å²) in [4.78, 5) is 4.23. The van der Waals surface area contributed by atoms with Crippen molar-refractivity contribution in [1.82, 2.24) is 25.4 Å². The monoisotopic (exact) mass is 458 g/mol. The fourth-order valence-electron chi connectivity index (χ4n) is 2.11. The first-order valence-electron chi connectivity index (χ1n) is 7.93. The largest absolute Gasteiger partial charge is 0.488 e. The Morgan fingerprint density at radius 3 is 2.48 bits per heavy atom. The van der Waals surface area contributed by atoms with Gasteiger partial charge < -0.3 is 19.9 Å². The van der Waals surface area contributed by atoms with Crippen LogP contribution in [0.1, 0.15) is 32.2 Å². The van der Waals surface area contributed by atoms with Gasteiger partial charge in [-0.15, -0.1) is 34.2 Å². The Morgan fingerprint density at radius 2 is 1.88 bits per heavy atom. The highest BCUT2D eigenvalue weighted by Crippen LogP contribution is 2.22. The third-order valence-electron chi connectivity index (χ3n) is 3.28. The number of nitrogens with one attached hydrogen (secondary N) is 2. The summed E-state index contributed by atoms with van der Waals surface area (Å²) in [6, 6.07) is 8.01. The summed E-state index contributed by atoms with van der Waals surface area (Å²) in [6.07, 6.45) is 1.67. The Hall–Kier alpha value is -1.84. The van der Waals surface area contributed by atoms with Crippen molar-refractivity contribution in [3.8, 4) is 5.75 Å². The van der Waals surface area contributed by atoms with E-state index in [0.29, 0.717) is 19.0 Å². The van der Waals surface area contributed by atoms with Gasteiger partial charge in [-0.05, 0) is 26.8 Å². The van der Waals surface area contributed by atoms with Crippen LogP contribution in [0.3, 0.4) is 0 Å². The number of aromatic nitrogens is 3. The standard InChI is InChI=1S/C17H26N6O.HI/c1-17(2,3)24-14-9-7-6-8-13(14)10-19-16(18-4)20-11-15-22-21-12-23(15)5;/h6-9,12H,10-11H2,1-5H3,(H2,18,19,20);1H. The Labute approximate surface area is 166 Å². The smallest absolute Gasteiger partial charge is 0.191 e. The average Bonchev–Trinajstić information content (AvgIpc) is 2.93. The van der Waals surface area contributed by atoms with Crippen molar-refractivity contribution in [2.45, 2.75) is 39.5 Å². The highest BCUT2D eigenvalue weighted by atomic mass is 127. The number of hydrogen-bond donors (Lipinski definition) is 2. The van der Waals surface area contributed by atoms with E-state index < -0.39 is 0 Å². The summed E-state index contributed by atoms with van der Waals surface area (Å²) in [5, 5.41) is 14.4. The zero-order valence-corrected chi connectivity index (χ0v) is 17.7. The summed E-state index contributed by atoms with van der Waals surface area (Å²) < 4.78 is 7.88. The number of guanidine groups is 1. The van der Waals surface area contributed by atoms with Crippen molar-refractivity contribution in [2.24, 2.45) is 12.0 Å². The molecule has 1 aromatic heterocycles. The van der Waals surface area contributed by atoms with Gasteiger partial charge in [-0.2, -0.15) is 0 Å². The molecule has 0 radical (unpaired) electrons. The van der Waals surface area contributed by atoms with Crippen LogP contribution in [-0.2, 0) is 20.1 Å². The van der Waals surface area contributed by atoms with E-state index in [1.54, 1.807) is 13.4 Å². The summed E-state index contributed by atoms with van der Waals surface area (Å²) in [7, 11) is 3.65. The van der Waals surface area contributed by atoms with Crippen LogP contribution >= 0.6 is 24.0 Å². The van der Waals surface area contributed by atoms with Crippen LogP contribution in [-0.4, -0.2) is 33.4 Å². The lowest BCUT2D eigenvalue weighted by atomic mass is 10.1. The molecule has 0 unspecified atom stereocenters. The zero-order valence-electron chi connectivity index (χ0n) is 15.4. The molecule has 1 aromatic carbocycles. The highest BCUT2D eigenvalue weighted by molar-refractivity contribution is 14.0. The van der Waals surface area contributed by atoms with Crippen molar-refractivity contribution in [1.29, 1.82) is 0 Å². The van der Waals surface area contributed by atoms with E-state index in [0.717, 1.165) is 17.1 Å². The minimum atomic E-state index is -0.235. The molecule has 0 saturated carbocycles. The molecule has 0 aliphatic heterocycles. The topological polar surface area (TPSA) is 76.4 Å². The van der Waals surface area contributed by atoms with Crippen LogP contribution in [0, 0.1) is 0 Å². The predicted molar refractivity (Wildman–Crippen MR) is 110 cm³/mol. The first kappa shape index (κ1) is 21.2. The molecule has 0 fully saturated rings. The Kier molecular flexibility index (Phi) is 8.14. The van der Waals surface area contributed by atoms with Crippen LogP contribution in [0.2, 0.25) is 0 Å². The van der Waals surface area contributed by atoms with Gasteiger partial charge in [0.1, 0.15) is 17.7 Å². The number of aliphatic imine (C=N–C) groups is 1. The number of ether oxygens (including phenoxy) is 1. The van der Waals surface area contributed by atoms with E-state index >= 15 is 0 Å². The maximum atomic E-state index is 6.01. The predicted octanol–water partition coefficient (Wildman–Crippen LogP) is 2.48. The van der Waals surface area contributed by atoms with Crippen LogP contribution in [0.25, 0.3) is 0 Å². The normalized spacial score (nSPS) is 11.6. The molecule has 0 spiro atoms. The molecule has 0 aliphatic rings. The van der Waals surface area contributed by atoms with Crippen molar-refractivity contribution in [3.05, 3.63) is 42.0 Å². The van der Waals surface area contributed by atoms with Gasteiger partial charge in [0.05, 0.1) is 6.54 Å². The number of halogens is 1. The molecular formula is C17H27IN6O. The molecule has 8 heteroatoms. The molecule has 0 saturated heterocycles. The van der Waals surface area contributed by atoms with E-state index in [4.69, 9.17) is 4.74 Å². The molecule has 25 heavy (non-hydrogen) atoms. The minimum Gasteiger partial charge on any atom is -0.488 e. The molecule has 138 valence electrons. The molecule has 7 nitrogen and oxygen atoms in total. The zero-order chi connectivity index (χ0) is 17.6. The molecule has 0 atom stereocenters. The van der Waals surface area contributed by atoms with Crippen molar-refractivity contribution in [3.63, 3.8) is 0 Å². The molecule has 2 rings (SSSR count). The number of aryl methyl sites for hydroxylation is 1. The SMILES string of the molecule is CN=C(NCc1ccccc1OC(C)(C)C)NCc1nncn1C.I. The molecule has 0 aliphatic carbocycles. The third kappa shape index (κ3) is 6.89. The van der Waals surface area contributed by atoms with E-state index in [9.17, 15) is 0 Å². The molecule has 0 bridgehead atoms. The second-order valence-electron chi connectivity index (χ2n) is 6.46. The molecule has 2 N–H and O–H groups in total. The number of nitrogens with zero attached hydrogens (tertiary/aromatic N) is 4. The fourth-order valence-corrected chi connectivity index (χ4v) is 2.11. The van der Waals surface area contributed by atoms with Gasteiger partial charge >= 0.3 is 0 Å². The van der Waals surface area contributed by atoms with Gasteiger partial charge in [0.15, 0.2) is 11.8 Å². The first-order chi connectivity index (χ1) is 11.4. The van der Waals surface area contributed by atoms with E-state index in [1.807, 2.05) is 56.7 Å². The second-order valence-corrected chi connectivity index (χ2v) is 6.46. The van der Waals surface area contributed by atoms with Crippen LogP contribution in [0.4, 0.5) is 0 Å². The number of para-hydroxylation sites is 1. The van der Waals surface area contributed by atoms with Crippen LogP contribution in [0.5, 0.6) is 5.75 Å². The maximum absolute atomic E-state index is 6.01. The van der Waals surface area contributed by atoms with Gasteiger partial charge in [-0.25, -0.2) is 0 Å². The third-order valence-corrected chi connectivity index (χ3v) is 3.28. The fraction of sp³-hybridized carbons (Fsp3) is 0.471. The Balaban J connectivity index is 0.00000312. The van der Waals surface area contributed by atoms with Gasteiger partial charge in [-0.1, -0.05) is 18.2 Å². The Bertz CT molecular complexity index is 692. The van der Waals surface area contributed by atoms with E-state index in [-0.39, 0.29) is 29.6 Å². The Morgan fingerprint density at radius 1 is 1.20 bits per heavy atom. The van der Waals surface area contributed by atoms with Crippen LogP contribution < -0.4 is 15.4 Å². The lowest BCUT2D eigenvalue weighted by molar-refractivity contribution is 0.129. The van der Waals surface area contributed by atoms with Gasteiger partial charge in [0.2, 0.25) is 0 Å². The molecule has 2 aromatic rings. The molecule has 1 heterocycles. The van der Waals surface area contributed by atoms with E-state index in [1.165, 1.54) is 0 Å². The number of rotatable bonds is 5. The van der Waals surface area contributed by atoms with Crippen LogP contribution in [0.15, 0.2) is 35.6 Å². The molecular weight excluding hydrogens is 431 g/mol. The number of hydrogen-bond acceptors (Lipinski definition) is 4.